The zero-order chi connectivity index (χ0) is 82.4. The number of carboxylic acid groups (broad SMARTS) is 1. The maximum atomic E-state index is 12.5. The monoisotopic (exact) mass is 1720 g/mol. The molecule has 0 aliphatic carbocycles. The molecule has 61 heteroatoms. The number of phosphoric acid groups is 6. The summed E-state index contributed by atoms with van der Waals surface area (Å²) in [6.45, 7) is 1.04. The molecule has 4 amide bonds. The fourth-order valence-corrected chi connectivity index (χ4v) is 15.4. The van der Waals surface area contributed by atoms with Gasteiger partial charge in [-0.05, 0) is 0 Å². The first kappa shape index (κ1) is 95.4. The molecule has 2 saturated heterocycles. The lowest BCUT2D eigenvalue weighted by atomic mass is 9.87. The van der Waals surface area contributed by atoms with E-state index in [1.807, 2.05) is 0 Å². The highest BCUT2D eigenvalue weighted by molar-refractivity contribution is 8.13. The van der Waals surface area contributed by atoms with Gasteiger partial charge in [-0.2, -0.15) is 0 Å². The van der Waals surface area contributed by atoms with Crippen LogP contribution in [0.4, 0.5) is 11.6 Å². The minimum atomic E-state index is -5.93. The fourth-order valence-electron chi connectivity index (χ4n) is 8.75. The number of carbonyl (C=O) groups excluding carboxylic acids is 7. The van der Waals surface area contributed by atoms with Crippen LogP contribution >= 0.6 is 70.5 Å². The second kappa shape index (κ2) is 41.7. The van der Waals surface area contributed by atoms with Crippen LogP contribution in [0.15, 0.2) is 25.3 Å². The molecule has 4 aromatic rings. The van der Waals surface area contributed by atoms with Crippen LogP contribution in [0.2, 0.25) is 0 Å². The molecule has 53 nitrogen and oxygen atoms in total. The van der Waals surface area contributed by atoms with E-state index in [0.717, 1.165) is 60.1 Å². The molecule has 0 radical (unpaired) electrons. The highest BCUT2D eigenvalue weighted by Gasteiger charge is 2.49. The van der Waals surface area contributed by atoms with Gasteiger partial charge in [0.25, 0.3) is 37.8 Å². The number of nitrogens with one attached hydrogen (secondary N) is 4. The van der Waals surface area contributed by atoms with Gasteiger partial charge in [0.2, 0.25) is 23.6 Å². The molecule has 616 valence electrons. The number of amides is 4. The maximum Gasteiger partial charge on any atom is 1.00 e. The lowest BCUT2D eigenvalue weighted by Crippen LogP contribution is -2.46. The molecule has 13 N–H and O–H groups in total. The van der Waals surface area contributed by atoms with E-state index in [-0.39, 0.29) is 91.8 Å². The number of nitrogens with two attached hydrogens (primary N) is 2. The summed E-state index contributed by atoms with van der Waals surface area (Å²) in [6.07, 6.45) is -16.0. The van der Waals surface area contributed by atoms with Gasteiger partial charge in [-0.15, -0.1) is 0 Å². The van der Waals surface area contributed by atoms with Crippen LogP contribution in [-0.2, 0) is 116 Å². The Labute approximate surface area is 622 Å². The number of phosphoric ester groups is 6. The molecule has 4 aromatic heterocycles. The van der Waals surface area contributed by atoms with Crippen LogP contribution in [0.3, 0.4) is 0 Å². The number of hydrogen-bond donors (Lipinski definition) is 11. The Balaban J connectivity index is 0.000000539. The largest absolute Gasteiger partial charge is 1.00 e. The summed E-state index contributed by atoms with van der Waals surface area (Å²) in [5.41, 5.74) is 8.06. The van der Waals surface area contributed by atoms with E-state index in [0.29, 0.717) is 17.5 Å². The smallest absolute Gasteiger partial charge is 0.790 e. The fraction of sp³-hybridized carbons (Fsp3) is 0.625. The van der Waals surface area contributed by atoms with Crippen LogP contribution in [0.1, 0.15) is 67.8 Å². The number of thioether (sulfide) groups is 2. The summed E-state index contributed by atoms with van der Waals surface area (Å²) in [5.74, 6) is -4.11. The van der Waals surface area contributed by atoms with E-state index in [1.54, 1.807) is 0 Å². The van der Waals surface area contributed by atoms with E-state index in [4.69, 9.17) is 36.1 Å². The molecule has 2 fully saturated rings. The summed E-state index contributed by atoms with van der Waals surface area (Å²) < 4.78 is 120. The van der Waals surface area contributed by atoms with Gasteiger partial charge >= 0.3 is 7.40 Å². The number of fused-ring (bicyclic) bond motifs is 2. The van der Waals surface area contributed by atoms with E-state index in [9.17, 15) is 121 Å². The van der Waals surface area contributed by atoms with Crippen LogP contribution in [0.5, 0.6) is 0 Å². The third-order valence-electron chi connectivity index (χ3n) is 13.9. The van der Waals surface area contributed by atoms with Crippen molar-refractivity contribution in [1.82, 2.24) is 60.3 Å². The number of carboxylic acids is 1. The Morgan fingerprint density at radius 1 is 0.606 bits per heavy atom. The summed E-state index contributed by atoms with van der Waals surface area (Å²) in [6, 6.07) is 0. The van der Waals surface area contributed by atoms with Crippen molar-refractivity contribution in [3.63, 3.8) is 0 Å². The number of nitrogen functional groups attached to an aromatic ring is 2. The number of imidazole rings is 2. The van der Waals surface area contributed by atoms with Gasteiger partial charge in [0.05, 0.1) is 54.7 Å². The molecule has 0 bridgehead atoms. The molecule has 2 aliphatic rings. The molecule has 0 spiro atoms. The molecular weight excluding hydrogens is 1650 g/mol. The van der Waals surface area contributed by atoms with Crippen molar-refractivity contribution in [3.05, 3.63) is 25.3 Å². The number of aliphatic carboxylic acids is 1. The SMILES string of the molecule is CC(=O)SCCNC(=O)CCNC(=O)C(O)C(C)(C)COP(=O)([O-])OP(=O)([O-])OCC1OC(n2cnc3c(N)ncnc32)C(O)C1OP(=O)([O-])[O-].CC(C)(COP(=O)([O-])OP(=O)([O-])OCC1OC(n2cnc3c(N)ncnc32)C(O)C1OP(=O)([O-])[O-])C(O)C(=O)NCCC(=O)NCCSC(=O)CC(=O)O.O=CO[O-].[H+]. The van der Waals surface area contributed by atoms with Crippen molar-refractivity contribution in [3.8, 4) is 0 Å². The minimum Gasteiger partial charge on any atom is -0.790 e. The first-order valence-electron chi connectivity index (χ1n) is 30.2. The third-order valence-corrected chi connectivity index (χ3v) is 21.6. The Bertz CT molecular complexity index is 4130. The summed E-state index contributed by atoms with van der Waals surface area (Å²) >= 11 is 1.72. The summed E-state index contributed by atoms with van der Waals surface area (Å²) in [7, 11) is -35.2. The lowest BCUT2D eigenvalue weighted by molar-refractivity contribution is -0.652. The Morgan fingerprint density at radius 2 is 0.963 bits per heavy atom. The number of anilines is 2. The lowest BCUT2D eigenvalue weighted by Gasteiger charge is -2.36. The van der Waals surface area contributed by atoms with Crippen molar-refractivity contribution in [2.24, 2.45) is 10.8 Å². The first-order valence-corrected chi connectivity index (χ1v) is 40.9. The van der Waals surface area contributed by atoms with Crippen molar-refractivity contribution in [2.45, 2.75) is 115 Å². The number of aromatic nitrogens is 8. The average Bonchev–Trinajstić information content (AvgIpc) is 1.62. The summed E-state index contributed by atoms with van der Waals surface area (Å²) in [4.78, 5) is 211. The van der Waals surface area contributed by atoms with Crippen molar-refractivity contribution >= 4 is 151 Å². The van der Waals surface area contributed by atoms with Crippen LogP contribution in [-0.4, -0.2) is 224 Å². The Hall–Kier alpha value is -5.98. The standard InChI is InChI=1S/C24H38N7O19P3S.C23H38N7O17P3S.CH2O3/c1-24(2,19(37)22(38)27-4-3-13(32)26-5-6-54-15(35)7-14(33)34)9-47-53(44,45)50-52(42,43)46-8-12-18(49-51(39,40)41)17(36)23(48-12)31-11-30-16-20(25)28-10-29-21(16)31;1-12(31)51-7-6-25-14(32)4-5-26-21(35)18(34)23(2,3)9-44-50(41,42)47-49(39,40)43-8-13-17(46-48(36,37)38)16(33)22(45-13)30-11-29-15-19(24)27-10-28-20(15)30;2-1-4-3/h10-12,17-19,23,36-37H,3-9H2,1-2H3,(H,26,32)(H,27,38)(H,33,34)(H,42,43)(H,44,45)(H2,25,28,29)(H2,39,40,41);10-11,13,16-18,22,33-34H,4-9H2,1-3H3,(H,25,32)(H,26,35)(H,39,40)(H,41,42)(H2,24,27,28)(H2,36,37,38);1,3H/p-8. The molecule has 109 heavy (non-hydrogen) atoms. The number of carbonyl (C=O) groups is 8. The molecule has 14 unspecified atom stereocenters. The number of nitrogens with zero attached hydrogens (tertiary/aromatic N) is 8. The summed E-state index contributed by atoms with van der Waals surface area (Å²) in [5, 5.41) is 68.1. The van der Waals surface area contributed by atoms with Crippen LogP contribution in [0.25, 0.3) is 22.3 Å². The van der Waals surface area contributed by atoms with E-state index >= 15 is 0 Å². The van der Waals surface area contributed by atoms with Gasteiger partial charge in [-0.1, -0.05) is 51.2 Å². The quantitative estimate of drug-likeness (QED) is 0.00491. The third kappa shape index (κ3) is 31.8. The van der Waals surface area contributed by atoms with Crippen molar-refractivity contribution in [2.75, 3.05) is 75.6 Å². The van der Waals surface area contributed by atoms with Crippen LogP contribution in [0, 0.1) is 10.8 Å². The molecule has 14 atom stereocenters. The van der Waals surface area contributed by atoms with Gasteiger partial charge in [-0.25, -0.2) is 38.5 Å². The number of hydrogen-bond acceptors (Lipinski definition) is 48. The van der Waals surface area contributed by atoms with Crippen molar-refractivity contribution < 1.29 is 187 Å². The second-order valence-electron chi connectivity index (χ2n) is 23.3. The average molecular weight is 1720 g/mol. The molecular formula is C48H70N14O39P6S2-8. The zero-order valence-corrected chi connectivity index (χ0v) is 63.7. The van der Waals surface area contributed by atoms with Gasteiger partial charge in [0.1, 0.15) is 78.9 Å². The highest BCUT2D eigenvalue weighted by atomic mass is 32.2. The minimum absolute atomic E-state index is 0. The molecule has 0 aromatic carbocycles. The van der Waals surface area contributed by atoms with E-state index in [1.165, 1.54) is 20.8 Å². The molecule has 0 saturated carbocycles. The normalized spacial score (nSPS) is 21.6. The van der Waals surface area contributed by atoms with E-state index < -0.39 is 187 Å². The molecule has 6 heterocycles. The number of aliphatic hydroxyl groups excluding tert-OH is 4. The second-order valence-corrected chi connectivity index (χ2v) is 33.8. The van der Waals surface area contributed by atoms with Gasteiger partial charge in [-0.3, -0.25) is 65.8 Å². The van der Waals surface area contributed by atoms with Crippen LogP contribution < -0.4 is 77.1 Å². The van der Waals surface area contributed by atoms with E-state index in [2.05, 4.69) is 91.8 Å². The van der Waals surface area contributed by atoms with Gasteiger partial charge in [0, 0.05) is 68.3 Å². The highest BCUT2D eigenvalue weighted by Crippen LogP contribution is 2.58. The first-order chi connectivity index (χ1) is 50.3. The number of aliphatic hydroxyl groups is 4. The van der Waals surface area contributed by atoms with Crippen molar-refractivity contribution in [1.29, 1.82) is 0 Å². The number of rotatable bonds is 41. The predicted molar refractivity (Wildman–Crippen MR) is 343 cm³/mol. The van der Waals surface area contributed by atoms with Gasteiger partial charge < -0.3 is 153 Å². The molecule has 6 rings (SSSR count). The number of ether oxygens (including phenoxy) is 2. The Morgan fingerprint density at radius 3 is 1.30 bits per heavy atom. The van der Waals surface area contributed by atoms with Gasteiger partial charge in [0.15, 0.2) is 45.6 Å². The predicted octanol–water partition coefficient (Wildman–Crippen LogP) is -9.68. The maximum absolute atomic E-state index is 12.5. The topological polar surface area (TPSA) is 837 Å². The Kier molecular flexibility index (Phi) is 36.5. The zero-order valence-electron chi connectivity index (χ0n) is 57.7. The molecule has 2 aliphatic heterocycles.